The maximum atomic E-state index is 12.6. The Morgan fingerprint density at radius 1 is 1.00 bits per heavy atom. The number of hydrogen-bond donors (Lipinski definition) is 2. The second-order valence-corrected chi connectivity index (χ2v) is 9.62. The summed E-state index contributed by atoms with van der Waals surface area (Å²) in [5, 5.41) is 7.14. The summed E-state index contributed by atoms with van der Waals surface area (Å²) in [6.45, 7) is 10.0. The molecule has 2 aromatic carbocycles. The molecule has 0 atom stereocenters. The van der Waals surface area contributed by atoms with Crippen LogP contribution in [0.1, 0.15) is 41.0 Å². The Balaban J connectivity index is 1.66. The van der Waals surface area contributed by atoms with Gasteiger partial charge in [-0.05, 0) is 62.5 Å². The lowest BCUT2D eigenvalue weighted by atomic mass is 9.78. The average molecular weight is 483 g/mol. The van der Waals surface area contributed by atoms with Crippen LogP contribution in [0.25, 0.3) is 10.8 Å². The normalized spacial score (nSPS) is 16.1. The summed E-state index contributed by atoms with van der Waals surface area (Å²) < 4.78 is 16.8. The second-order valence-electron chi connectivity index (χ2n) is 9.62. The van der Waals surface area contributed by atoms with Gasteiger partial charge in [0.2, 0.25) is 11.8 Å². The van der Waals surface area contributed by atoms with Crippen LogP contribution in [-0.2, 0) is 23.6 Å². The molecule has 188 valence electrons. The predicted octanol–water partition coefficient (Wildman–Crippen LogP) is 2.67. The Morgan fingerprint density at radius 2 is 1.63 bits per heavy atom. The van der Waals surface area contributed by atoms with Gasteiger partial charge in [0, 0.05) is 12.2 Å². The average Bonchev–Trinajstić information content (AvgIpc) is 3.03. The zero-order valence-electron chi connectivity index (χ0n) is 21.3. The molecule has 0 saturated carbocycles. The van der Waals surface area contributed by atoms with Gasteiger partial charge in [-0.3, -0.25) is 9.59 Å². The first-order valence-corrected chi connectivity index (χ1v) is 11.7. The summed E-state index contributed by atoms with van der Waals surface area (Å²) in [7, 11) is 0.776. The van der Waals surface area contributed by atoms with Crippen molar-refractivity contribution in [3.8, 4) is 0 Å². The van der Waals surface area contributed by atoms with E-state index in [0.717, 1.165) is 16.2 Å². The Morgan fingerprint density at radius 3 is 2.26 bits per heavy atom. The number of carbonyl (C=O) groups excluding carboxylic acids is 3. The zero-order valence-corrected chi connectivity index (χ0v) is 21.3. The highest BCUT2D eigenvalue weighted by Crippen LogP contribution is 2.36. The summed E-state index contributed by atoms with van der Waals surface area (Å²) in [4.78, 5) is 37.7. The van der Waals surface area contributed by atoms with E-state index in [2.05, 4.69) is 15.4 Å². The maximum absolute atomic E-state index is 12.6. The van der Waals surface area contributed by atoms with Crippen LogP contribution >= 0.6 is 0 Å². The van der Waals surface area contributed by atoms with Crippen molar-refractivity contribution in [3.63, 3.8) is 0 Å². The van der Waals surface area contributed by atoms with E-state index in [1.54, 1.807) is 0 Å². The number of hydrogen-bond acceptors (Lipinski definition) is 6. The number of carbonyl (C=O) groups is 3. The first-order valence-electron chi connectivity index (χ1n) is 11.7. The van der Waals surface area contributed by atoms with Crippen LogP contribution in [0.5, 0.6) is 0 Å². The third kappa shape index (κ3) is 6.32. The minimum Gasteiger partial charge on any atom is -0.453 e. The van der Waals surface area contributed by atoms with Crippen LogP contribution < -0.4 is 16.1 Å². The second kappa shape index (κ2) is 10.7. The first kappa shape index (κ1) is 26.5. The number of benzene rings is 2. The third-order valence-electron chi connectivity index (χ3n) is 6.42. The lowest BCUT2D eigenvalue weighted by molar-refractivity contribution is -0.133. The van der Waals surface area contributed by atoms with Gasteiger partial charge in [0.1, 0.15) is 6.54 Å². The van der Waals surface area contributed by atoms with Crippen molar-refractivity contribution in [2.24, 2.45) is 0 Å². The quantitative estimate of drug-likeness (QED) is 0.560. The van der Waals surface area contributed by atoms with Crippen molar-refractivity contribution in [1.82, 2.24) is 10.2 Å². The maximum Gasteiger partial charge on any atom is 0.494 e. The van der Waals surface area contributed by atoms with E-state index in [4.69, 9.17) is 9.31 Å². The fraction of sp³-hybridized carbons (Fsp3) is 0.480. The number of nitrogens with one attached hydrogen (secondary N) is 2. The van der Waals surface area contributed by atoms with Crippen molar-refractivity contribution in [3.05, 3.63) is 36.4 Å². The zero-order chi connectivity index (χ0) is 25.8. The standard InChI is InChI=1S/C25H34BN3O6/c1-7-12-29(22(31)15-27-23(32)33-6)16-21(30)28-20-11-9-17-13-19(10-8-18(17)14-20)26-34-24(2,3)25(4,5)35-26/h8-11,13-14H,7,12,15-16H2,1-6H3,(H,27,32)(H,28,30). The molecule has 1 aliphatic rings. The molecule has 2 N–H and O–H groups in total. The van der Waals surface area contributed by atoms with Crippen LogP contribution in [0.2, 0.25) is 0 Å². The van der Waals surface area contributed by atoms with E-state index in [1.807, 2.05) is 71.0 Å². The fourth-order valence-corrected chi connectivity index (χ4v) is 3.74. The molecular formula is C25H34BN3O6. The number of rotatable bonds is 8. The highest BCUT2D eigenvalue weighted by atomic mass is 16.7. The van der Waals surface area contributed by atoms with Gasteiger partial charge in [0.25, 0.3) is 0 Å². The number of alkyl carbamates (subject to hydrolysis) is 1. The van der Waals surface area contributed by atoms with E-state index in [-0.39, 0.29) is 24.9 Å². The molecule has 0 unspecified atom stereocenters. The van der Waals surface area contributed by atoms with Gasteiger partial charge in [-0.2, -0.15) is 0 Å². The molecule has 1 heterocycles. The summed E-state index contributed by atoms with van der Waals surface area (Å²) in [5.74, 6) is -0.681. The number of fused-ring (bicyclic) bond motifs is 1. The van der Waals surface area contributed by atoms with Crippen molar-refractivity contribution in [2.75, 3.05) is 32.1 Å². The Hall–Kier alpha value is -3.11. The Labute approximate surface area is 206 Å². The molecule has 1 saturated heterocycles. The number of methoxy groups -OCH3 is 1. The monoisotopic (exact) mass is 483 g/mol. The SMILES string of the molecule is CCCN(CC(=O)Nc1ccc2cc(B3OC(C)(C)C(C)(C)O3)ccc2c1)C(=O)CNC(=O)OC. The lowest BCUT2D eigenvalue weighted by Crippen LogP contribution is -2.44. The van der Waals surface area contributed by atoms with Gasteiger partial charge in [0.05, 0.1) is 24.9 Å². The molecule has 2 aromatic rings. The van der Waals surface area contributed by atoms with Crippen molar-refractivity contribution >= 4 is 46.9 Å². The lowest BCUT2D eigenvalue weighted by Gasteiger charge is -2.32. The summed E-state index contributed by atoms with van der Waals surface area (Å²) in [6.07, 6.45) is -0.0183. The van der Waals surface area contributed by atoms with E-state index < -0.39 is 24.4 Å². The number of ether oxygens (including phenoxy) is 1. The van der Waals surface area contributed by atoms with Gasteiger partial charge in [0.15, 0.2) is 0 Å². The van der Waals surface area contributed by atoms with Crippen LogP contribution in [0.4, 0.5) is 10.5 Å². The highest BCUT2D eigenvalue weighted by molar-refractivity contribution is 6.62. The first-order chi connectivity index (χ1) is 16.5. The molecule has 3 amide bonds. The van der Waals surface area contributed by atoms with Crippen LogP contribution in [0.3, 0.4) is 0 Å². The van der Waals surface area contributed by atoms with Gasteiger partial charge in [-0.15, -0.1) is 0 Å². The molecule has 0 spiro atoms. The third-order valence-corrected chi connectivity index (χ3v) is 6.42. The van der Waals surface area contributed by atoms with Gasteiger partial charge in [-0.25, -0.2) is 4.79 Å². The minimum atomic E-state index is -0.697. The van der Waals surface area contributed by atoms with E-state index in [1.165, 1.54) is 12.0 Å². The molecule has 1 aliphatic heterocycles. The fourth-order valence-electron chi connectivity index (χ4n) is 3.74. The molecule has 3 rings (SSSR count). The number of nitrogens with zero attached hydrogens (tertiary/aromatic N) is 1. The molecule has 0 aromatic heterocycles. The van der Waals surface area contributed by atoms with Crippen molar-refractivity contribution in [2.45, 2.75) is 52.2 Å². The molecule has 10 heteroatoms. The molecule has 0 bridgehead atoms. The summed E-state index contributed by atoms with van der Waals surface area (Å²) in [6, 6.07) is 11.6. The smallest absolute Gasteiger partial charge is 0.453 e. The highest BCUT2D eigenvalue weighted by Gasteiger charge is 2.51. The van der Waals surface area contributed by atoms with Gasteiger partial charge < -0.3 is 29.6 Å². The topological polar surface area (TPSA) is 106 Å². The van der Waals surface area contributed by atoms with E-state index in [0.29, 0.717) is 18.7 Å². The number of anilines is 1. The molecule has 0 aliphatic carbocycles. The Bertz CT molecular complexity index is 1090. The van der Waals surface area contributed by atoms with E-state index in [9.17, 15) is 14.4 Å². The predicted molar refractivity (Wildman–Crippen MR) is 136 cm³/mol. The molecule has 0 radical (unpaired) electrons. The van der Waals surface area contributed by atoms with Crippen molar-refractivity contribution < 1.29 is 28.4 Å². The molecule has 35 heavy (non-hydrogen) atoms. The van der Waals surface area contributed by atoms with Gasteiger partial charge in [-0.1, -0.05) is 31.2 Å². The van der Waals surface area contributed by atoms with Gasteiger partial charge >= 0.3 is 13.2 Å². The largest absolute Gasteiger partial charge is 0.494 e. The Kier molecular flexibility index (Phi) is 8.07. The van der Waals surface area contributed by atoms with Crippen molar-refractivity contribution in [1.29, 1.82) is 0 Å². The van der Waals surface area contributed by atoms with E-state index >= 15 is 0 Å². The van der Waals surface area contributed by atoms with Crippen LogP contribution in [0, 0.1) is 0 Å². The van der Waals surface area contributed by atoms with Crippen LogP contribution in [0.15, 0.2) is 36.4 Å². The summed E-state index contributed by atoms with van der Waals surface area (Å²) in [5.41, 5.74) is 0.733. The molecule has 1 fully saturated rings. The molecular weight excluding hydrogens is 449 g/mol. The molecule has 9 nitrogen and oxygen atoms in total. The number of amides is 3. The minimum absolute atomic E-state index is 0.117. The van der Waals surface area contributed by atoms with Crippen LogP contribution in [-0.4, -0.2) is 67.9 Å². The summed E-state index contributed by atoms with van der Waals surface area (Å²) >= 11 is 0.